The lowest BCUT2D eigenvalue weighted by Gasteiger charge is -2.27. The van der Waals surface area contributed by atoms with Gasteiger partial charge in [-0.05, 0) is 39.8 Å². The lowest BCUT2D eigenvalue weighted by Crippen LogP contribution is -2.33. The first-order valence-corrected chi connectivity index (χ1v) is 6.99. The molecule has 1 N–H and O–H groups in total. The maximum absolute atomic E-state index is 11.4. The summed E-state index contributed by atoms with van der Waals surface area (Å²) in [4.78, 5) is 13.6. The Balaban J connectivity index is 2.23. The third-order valence-corrected chi connectivity index (χ3v) is 4.40. The fourth-order valence-electron chi connectivity index (χ4n) is 2.88. The molecular weight excluding hydrogens is 254 g/mol. The normalized spacial score (nSPS) is 24.6. The first-order chi connectivity index (χ1) is 9.37. The lowest BCUT2D eigenvalue weighted by molar-refractivity contribution is -0.147. The summed E-state index contributed by atoms with van der Waals surface area (Å²) in [7, 11) is 1.67. The van der Waals surface area contributed by atoms with Crippen molar-refractivity contribution < 1.29 is 14.6 Å². The first-order valence-electron chi connectivity index (χ1n) is 6.99. The van der Waals surface area contributed by atoms with Gasteiger partial charge in [-0.25, -0.2) is 0 Å². The molecule has 2 atom stereocenters. The molecule has 110 valence electrons. The molecule has 0 saturated carbocycles. The summed E-state index contributed by atoms with van der Waals surface area (Å²) < 4.78 is 5.44. The quantitative estimate of drug-likeness (QED) is 0.919. The predicted molar refractivity (Wildman–Crippen MR) is 78.1 cm³/mol. The topological polar surface area (TPSA) is 49.8 Å². The maximum Gasteiger partial charge on any atom is 0.310 e. The largest absolute Gasteiger partial charge is 0.496 e. The lowest BCUT2D eigenvalue weighted by atomic mass is 9.90. The molecule has 1 saturated heterocycles. The number of ether oxygens (including phenoxy) is 1. The molecule has 2 rings (SSSR count). The molecule has 0 aliphatic carbocycles. The third-order valence-electron chi connectivity index (χ3n) is 4.40. The van der Waals surface area contributed by atoms with E-state index in [9.17, 15) is 9.90 Å². The Morgan fingerprint density at radius 2 is 2.20 bits per heavy atom. The van der Waals surface area contributed by atoms with E-state index in [-0.39, 0.29) is 6.04 Å². The van der Waals surface area contributed by atoms with Crippen LogP contribution in [-0.4, -0.2) is 36.2 Å². The number of hydrogen-bond acceptors (Lipinski definition) is 3. The molecule has 1 aromatic rings. The fourth-order valence-corrected chi connectivity index (χ4v) is 2.88. The highest BCUT2D eigenvalue weighted by Gasteiger charge is 2.42. The van der Waals surface area contributed by atoms with Gasteiger partial charge < -0.3 is 9.84 Å². The zero-order valence-electron chi connectivity index (χ0n) is 12.6. The molecule has 2 unspecified atom stereocenters. The summed E-state index contributed by atoms with van der Waals surface area (Å²) in [6, 6.07) is 6.29. The number of aryl methyl sites for hydroxylation is 1. The van der Waals surface area contributed by atoms with Gasteiger partial charge in [0.1, 0.15) is 5.75 Å². The van der Waals surface area contributed by atoms with Gasteiger partial charge in [0.25, 0.3) is 0 Å². The Morgan fingerprint density at radius 3 is 2.75 bits per heavy atom. The minimum atomic E-state index is -0.705. The number of carboxylic acids is 1. The molecule has 1 aliphatic heterocycles. The van der Waals surface area contributed by atoms with Crippen molar-refractivity contribution in [1.29, 1.82) is 0 Å². The second-order valence-electron chi connectivity index (χ2n) is 6.01. The van der Waals surface area contributed by atoms with E-state index in [1.165, 1.54) is 5.56 Å². The van der Waals surface area contributed by atoms with Crippen molar-refractivity contribution in [3.05, 3.63) is 29.3 Å². The standard InChI is InChI=1S/C16H23NO3/c1-11-5-6-14(20-4)13(9-11)12(2)17-8-7-16(3,10-17)15(18)19/h5-6,9,12H,7-8,10H2,1-4H3,(H,18,19). The van der Waals surface area contributed by atoms with Crippen LogP contribution in [0, 0.1) is 12.3 Å². The summed E-state index contributed by atoms with van der Waals surface area (Å²) in [6.07, 6.45) is 0.695. The Morgan fingerprint density at radius 1 is 1.50 bits per heavy atom. The summed E-state index contributed by atoms with van der Waals surface area (Å²) in [5.41, 5.74) is 1.68. The Hall–Kier alpha value is -1.55. The molecule has 1 aromatic carbocycles. The number of rotatable bonds is 4. The minimum absolute atomic E-state index is 0.158. The van der Waals surface area contributed by atoms with Gasteiger partial charge in [-0.2, -0.15) is 0 Å². The fraction of sp³-hybridized carbons (Fsp3) is 0.562. The van der Waals surface area contributed by atoms with Gasteiger partial charge in [0, 0.05) is 18.2 Å². The van der Waals surface area contributed by atoms with Crippen molar-refractivity contribution in [3.8, 4) is 5.75 Å². The zero-order chi connectivity index (χ0) is 14.9. The van der Waals surface area contributed by atoms with Crippen LogP contribution in [0.2, 0.25) is 0 Å². The number of nitrogens with zero attached hydrogens (tertiary/aromatic N) is 1. The summed E-state index contributed by atoms with van der Waals surface area (Å²) in [5, 5.41) is 9.34. The van der Waals surface area contributed by atoms with Crippen molar-refractivity contribution in [2.75, 3.05) is 20.2 Å². The maximum atomic E-state index is 11.4. The van der Waals surface area contributed by atoms with E-state index in [2.05, 4.69) is 24.8 Å². The van der Waals surface area contributed by atoms with Crippen LogP contribution >= 0.6 is 0 Å². The van der Waals surface area contributed by atoms with Gasteiger partial charge in [0.05, 0.1) is 12.5 Å². The monoisotopic (exact) mass is 277 g/mol. The molecule has 0 radical (unpaired) electrons. The molecule has 4 heteroatoms. The molecule has 1 aliphatic rings. The molecular formula is C16H23NO3. The van der Waals surface area contributed by atoms with Gasteiger partial charge in [-0.3, -0.25) is 9.69 Å². The van der Waals surface area contributed by atoms with Crippen LogP contribution in [-0.2, 0) is 4.79 Å². The van der Waals surface area contributed by atoms with Crippen molar-refractivity contribution in [2.24, 2.45) is 5.41 Å². The van der Waals surface area contributed by atoms with E-state index < -0.39 is 11.4 Å². The van der Waals surface area contributed by atoms with Crippen molar-refractivity contribution in [3.63, 3.8) is 0 Å². The van der Waals surface area contributed by atoms with E-state index in [4.69, 9.17) is 4.74 Å². The van der Waals surface area contributed by atoms with Crippen molar-refractivity contribution in [1.82, 2.24) is 4.90 Å². The van der Waals surface area contributed by atoms with E-state index in [1.54, 1.807) is 7.11 Å². The SMILES string of the molecule is COc1ccc(C)cc1C(C)N1CCC(C)(C(=O)O)C1. The second-order valence-corrected chi connectivity index (χ2v) is 6.01. The minimum Gasteiger partial charge on any atom is -0.496 e. The van der Waals surface area contributed by atoms with Crippen LogP contribution in [0.3, 0.4) is 0 Å². The highest BCUT2D eigenvalue weighted by Crippen LogP contribution is 2.38. The molecule has 20 heavy (non-hydrogen) atoms. The van der Waals surface area contributed by atoms with E-state index in [0.29, 0.717) is 13.0 Å². The number of hydrogen-bond donors (Lipinski definition) is 1. The molecule has 1 fully saturated rings. The third kappa shape index (κ3) is 2.66. The highest BCUT2D eigenvalue weighted by molar-refractivity contribution is 5.74. The van der Waals surface area contributed by atoms with Crippen LogP contribution in [0.1, 0.15) is 37.4 Å². The van der Waals surface area contributed by atoms with Gasteiger partial charge in [-0.1, -0.05) is 17.7 Å². The van der Waals surface area contributed by atoms with E-state index in [0.717, 1.165) is 17.9 Å². The number of aliphatic carboxylic acids is 1. The van der Waals surface area contributed by atoms with Gasteiger partial charge in [0.2, 0.25) is 0 Å². The average molecular weight is 277 g/mol. The molecule has 0 spiro atoms. The Bertz CT molecular complexity index is 514. The van der Waals surface area contributed by atoms with Crippen LogP contribution in [0.5, 0.6) is 5.75 Å². The Labute approximate surface area is 120 Å². The molecule has 4 nitrogen and oxygen atoms in total. The smallest absolute Gasteiger partial charge is 0.310 e. The number of carboxylic acid groups (broad SMARTS) is 1. The van der Waals surface area contributed by atoms with Gasteiger partial charge in [-0.15, -0.1) is 0 Å². The molecule has 0 bridgehead atoms. The molecule has 1 heterocycles. The van der Waals surface area contributed by atoms with Gasteiger partial charge in [0.15, 0.2) is 0 Å². The zero-order valence-corrected chi connectivity index (χ0v) is 12.6. The average Bonchev–Trinajstić information content (AvgIpc) is 2.82. The first kappa shape index (κ1) is 14.9. The number of carbonyl (C=O) groups is 1. The Kier molecular flexibility index (Phi) is 4.04. The van der Waals surface area contributed by atoms with Gasteiger partial charge >= 0.3 is 5.97 Å². The highest BCUT2D eigenvalue weighted by atomic mass is 16.5. The summed E-state index contributed by atoms with van der Waals surface area (Å²) in [6.45, 7) is 7.39. The number of likely N-dealkylation sites (tertiary alicyclic amines) is 1. The van der Waals surface area contributed by atoms with Crippen LogP contribution in [0.4, 0.5) is 0 Å². The number of benzene rings is 1. The predicted octanol–water partition coefficient (Wildman–Crippen LogP) is 2.86. The molecule has 0 aromatic heterocycles. The van der Waals surface area contributed by atoms with E-state index in [1.807, 2.05) is 19.1 Å². The van der Waals surface area contributed by atoms with Crippen molar-refractivity contribution in [2.45, 2.75) is 33.2 Å². The van der Waals surface area contributed by atoms with Crippen LogP contribution < -0.4 is 4.74 Å². The van der Waals surface area contributed by atoms with Crippen LogP contribution in [0.15, 0.2) is 18.2 Å². The summed E-state index contributed by atoms with van der Waals surface area (Å²) in [5.74, 6) is 0.162. The summed E-state index contributed by atoms with van der Waals surface area (Å²) >= 11 is 0. The van der Waals surface area contributed by atoms with Crippen LogP contribution in [0.25, 0.3) is 0 Å². The van der Waals surface area contributed by atoms with E-state index >= 15 is 0 Å². The number of methoxy groups -OCH3 is 1. The second kappa shape index (κ2) is 5.44. The molecule has 0 amide bonds. The van der Waals surface area contributed by atoms with Crippen molar-refractivity contribution >= 4 is 5.97 Å².